The predicted octanol–water partition coefficient (Wildman–Crippen LogP) is 6.02. The number of amides is 1. The maximum absolute atomic E-state index is 12.8. The predicted molar refractivity (Wildman–Crippen MR) is 140 cm³/mol. The number of nitrogens with one attached hydrogen (secondary N) is 1. The number of nitrogens with zero attached hydrogens (tertiary/aromatic N) is 2. The molecule has 6 nitrogen and oxygen atoms in total. The average Bonchev–Trinajstić information content (AvgIpc) is 3.20. The van der Waals surface area contributed by atoms with E-state index in [0.717, 1.165) is 41.0 Å². The zero-order valence-electron chi connectivity index (χ0n) is 20.0. The number of esters is 1. The van der Waals surface area contributed by atoms with Gasteiger partial charge in [0.1, 0.15) is 16.1 Å². The minimum Gasteiger partial charge on any atom is -0.465 e. The second-order valence-corrected chi connectivity index (χ2v) is 10.9. The van der Waals surface area contributed by atoms with Crippen LogP contribution >= 0.6 is 23.1 Å². The number of carbonyl (C=O) groups is 2. The van der Waals surface area contributed by atoms with Crippen LogP contribution in [0.5, 0.6) is 0 Å². The van der Waals surface area contributed by atoms with Crippen molar-refractivity contribution in [1.82, 2.24) is 4.98 Å². The van der Waals surface area contributed by atoms with Crippen LogP contribution in [0.3, 0.4) is 0 Å². The van der Waals surface area contributed by atoms with Crippen molar-refractivity contribution in [1.29, 1.82) is 5.26 Å². The van der Waals surface area contributed by atoms with E-state index in [2.05, 4.69) is 23.3 Å². The van der Waals surface area contributed by atoms with Gasteiger partial charge in [-0.3, -0.25) is 4.79 Å². The Kier molecular flexibility index (Phi) is 7.89. The molecule has 1 N–H and O–H groups in total. The van der Waals surface area contributed by atoms with E-state index in [-0.39, 0.29) is 12.3 Å². The lowest BCUT2D eigenvalue weighted by Crippen LogP contribution is -2.16. The number of thioether (sulfide) groups is 1. The topological polar surface area (TPSA) is 92.1 Å². The molecule has 180 valence electrons. The van der Waals surface area contributed by atoms with E-state index in [1.165, 1.54) is 35.8 Å². The summed E-state index contributed by atoms with van der Waals surface area (Å²) in [7, 11) is 1.37. The van der Waals surface area contributed by atoms with Crippen LogP contribution in [-0.4, -0.2) is 29.7 Å². The summed E-state index contributed by atoms with van der Waals surface area (Å²) in [5, 5.41) is 13.6. The Morgan fingerprint density at radius 2 is 2.03 bits per heavy atom. The lowest BCUT2D eigenvalue weighted by atomic mass is 9.88. The Morgan fingerprint density at radius 1 is 1.26 bits per heavy atom. The number of fused-ring (bicyclic) bond motifs is 1. The van der Waals surface area contributed by atoms with Crippen LogP contribution in [0.2, 0.25) is 0 Å². The molecule has 1 aliphatic rings. The molecule has 1 aromatic carbocycles. The summed E-state index contributed by atoms with van der Waals surface area (Å²) in [4.78, 5) is 31.1. The van der Waals surface area contributed by atoms with Gasteiger partial charge in [-0.15, -0.1) is 23.1 Å². The smallest absolute Gasteiger partial charge is 0.341 e. The maximum atomic E-state index is 12.8. The molecule has 3 aromatic rings. The van der Waals surface area contributed by atoms with Crippen molar-refractivity contribution in [3.05, 3.63) is 63.5 Å². The molecule has 0 saturated carbocycles. The zero-order valence-corrected chi connectivity index (χ0v) is 21.6. The van der Waals surface area contributed by atoms with Crippen LogP contribution < -0.4 is 5.32 Å². The van der Waals surface area contributed by atoms with Crippen molar-refractivity contribution in [2.75, 3.05) is 18.2 Å². The molecule has 1 atom stereocenters. The Bertz CT molecular complexity index is 1290. The van der Waals surface area contributed by atoms with E-state index in [1.807, 2.05) is 37.3 Å². The third kappa shape index (κ3) is 5.75. The number of aromatic nitrogens is 1. The minimum absolute atomic E-state index is 0.178. The van der Waals surface area contributed by atoms with Crippen molar-refractivity contribution in [3.8, 4) is 17.3 Å². The maximum Gasteiger partial charge on any atom is 0.341 e. The van der Waals surface area contributed by atoms with E-state index in [0.29, 0.717) is 32.8 Å². The van der Waals surface area contributed by atoms with Gasteiger partial charge in [0, 0.05) is 22.6 Å². The van der Waals surface area contributed by atoms with Gasteiger partial charge in [-0.2, -0.15) is 5.26 Å². The number of carbonyl (C=O) groups excluding carboxylic acids is 2. The third-order valence-corrected chi connectivity index (χ3v) is 8.21. The number of pyridine rings is 1. The number of aryl methyl sites for hydroxylation is 1. The van der Waals surface area contributed by atoms with Crippen LogP contribution in [0.1, 0.15) is 51.7 Å². The summed E-state index contributed by atoms with van der Waals surface area (Å²) in [6, 6.07) is 13.9. The SMILES string of the molecule is COC(=O)c1c(NC(=O)CCSc2nc(-c3ccc(C)cc3)ccc2C#N)sc2c1CCC(C)C2. The first-order valence-corrected chi connectivity index (χ1v) is 13.3. The number of hydrogen-bond acceptors (Lipinski definition) is 7. The van der Waals surface area contributed by atoms with Crippen molar-refractivity contribution < 1.29 is 14.3 Å². The quantitative estimate of drug-likeness (QED) is 0.312. The highest BCUT2D eigenvalue weighted by Gasteiger charge is 2.28. The first-order valence-electron chi connectivity index (χ1n) is 11.5. The lowest BCUT2D eigenvalue weighted by molar-refractivity contribution is -0.115. The van der Waals surface area contributed by atoms with Crippen molar-refractivity contribution in [3.63, 3.8) is 0 Å². The van der Waals surface area contributed by atoms with Gasteiger partial charge >= 0.3 is 5.97 Å². The molecule has 4 rings (SSSR count). The van der Waals surface area contributed by atoms with E-state index in [1.54, 1.807) is 6.07 Å². The number of anilines is 1. The van der Waals surface area contributed by atoms with E-state index >= 15 is 0 Å². The molecule has 0 fully saturated rings. The molecule has 0 radical (unpaired) electrons. The fourth-order valence-electron chi connectivity index (χ4n) is 4.11. The molecule has 0 spiro atoms. The van der Waals surface area contributed by atoms with Gasteiger partial charge in [-0.05, 0) is 49.8 Å². The number of ether oxygens (including phenoxy) is 1. The summed E-state index contributed by atoms with van der Waals surface area (Å²) < 4.78 is 5.00. The number of nitriles is 1. The highest BCUT2D eigenvalue weighted by atomic mass is 32.2. The average molecular weight is 506 g/mol. The van der Waals surface area contributed by atoms with Crippen LogP contribution in [0.25, 0.3) is 11.3 Å². The lowest BCUT2D eigenvalue weighted by Gasteiger charge is -2.18. The molecule has 0 aliphatic heterocycles. The van der Waals surface area contributed by atoms with E-state index < -0.39 is 5.97 Å². The molecule has 1 unspecified atom stereocenters. The number of rotatable bonds is 7. The summed E-state index contributed by atoms with van der Waals surface area (Å²) in [5.41, 5.74) is 4.93. The molecule has 0 bridgehead atoms. The summed E-state index contributed by atoms with van der Waals surface area (Å²) >= 11 is 2.86. The highest BCUT2D eigenvalue weighted by Crippen LogP contribution is 2.40. The summed E-state index contributed by atoms with van der Waals surface area (Å²) in [5.74, 6) is 0.435. The molecule has 1 amide bonds. The van der Waals surface area contributed by atoms with Crippen molar-refractivity contribution >= 4 is 40.0 Å². The van der Waals surface area contributed by atoms with Gasteiger partial charge in [-0.1, -0.05) is 36.8 Å². The monoisotopic (exact) mass is 505 g/mol. The molecular weight excluding hydrogens is 478 g/mol. The Balaban J connectivity index is 1.44. The first kappa shape index (κ1) is 25.0. The number of thiophene rings is 1. The van der Waals surface area contributed by atoms with E-state index in [9.17, 15) is 14.9 Å². The number of hydrogen-bond donors (Lipinski definition) is 1. The van der Waals surface area contributed by atoms with Gasteiger partial charge in [0.25, 0.3) is 0 Å². The molecule has 35 heavy (non-hydrogen) atoms. The van der Waals surface area contributed by atoms with Gasteiger partial charge in [0.2, 0.25) is 5.91 Å². The standard InChI is InChI=1S/C27H27N3O3S2/c1-16-4-7-18(8-5-16)21-11-9-19(15-28)25(29-21)34-13-12-23(31)30-26-24(27(32)33-3)20-10-6-17(2)14-22(20)35-26/h4-5,7-9,11,17H,6,10,12-14H2,1-3H3,(H,30,31). The Hall–Kier alpha value is -3.15. The zero-order chi connectivity index (χ0) is 24.9. The normalized spacial score (nSPS) is 14.6. The van der Waals surface area contributed by atoms with Gasteiger partial charge in [0.05, 0.1) is 23.9 Å². The Labute approximate surface area is 213 Å². The molecule has 2 heterocycles. The molecule has 2 aromatic heterocycles. The molecular formula is C27H27N3O3S2. The van der Waals surface area contributed by atoms with Crippen LogP contribution in [0, 0.1) is 24.2 Å². The number of methoxy groups -OCH3 is 1. The summed E-state index contributed by atoms with van der Waals surface area (Å²) in [6.45, 7) is 4.23. The largest absolute Gasteiger partial charge is 0.465 e. The Morgan fingerprint density at radius 3 is 2.74 bits per heavy atom. The van der Waals surface area contributed by atoms with Gasteiger partial charge in [-0.25, -0.2) is 9.78 Å². The van der Waals surface area contributed by atoms with Gasteiger partial charge in [0.15, 0.2) is 0 Å². The third-order valence-electron chi connectivity index (χ3n) is 6.05. The minimum atomic E-state index is -0.405. The van der Waals surface area contributed by atoms with Crippen molar-refractivity contribution in [2.45, 2.75) is 44.6 Å². The van der Waals surface area contributed by atoms with Crippen LogP contribution in [0.15, 0.2) is 41.4 Å². The fraction of sp³-hybridized carbons (Fsp3) is 0.333. The second kappa shape index (κ2) is 11.1. The molecule has 0 saturated heterocycles. The molecule has 8 heteroatoms. The second-order valence-electron chi connectivity index (χ2n) is 8.72. The first-order chi connectivity index (χ1) is 16.9. The molecule has 1 aliphatic carbocycles. The van der Waals surface area contributed by atoms with Crippen molar-refractivity contribution in [2.24, 2.45) is 5.92 Å². The van der Waals surface area contributed by atoms with E-state index in [4.69, 9.17) is 4.74 Å². The van der Waals surface area contributed by atoms with Crippen LogP contribution in [-0.2, 0) is 22.4 Å². The highest BCUT2D eigenvalue weighted by molar-refractivity contribution is 7.99. The fourth-order valence-corrected chi connectivity index (χ4v) is 6.43. The number of benzene rings is 1. The summed E-state index contributed by atoms with van der Waals surface area (Å²) in [6.07, 6.45) is 2.98. The van der Waals surface area contributed by atoms with Gasteiger partial charge < -0.3 is 10.1 Å². The van der Waals surface area contributed by atoms with Crippen LogP contribution in [0.4, 0.5) is 5.00 Å².